The third-order valence-corrected chi connectivity index (χ3v) is 2.95. The van der Waals surface area contributed by atoms with E-state index < -0.39 is 0 Å². The predicted molar refractivity (Wildman–Crippen MR) is 56.6 cm³/mol. The Hall–Kier alpha value is -0.780. The van der Waals surface area contributed by atoms with E-state index in [1.165, 1.54) is 24.8 Å². The van der Waals surface area contributed by atoms with Crippen LogP contribution in [0.4, 0.5) is 0 Å². The van der Waals surface area contributed by atoms with Crippen molar-refractivity contribution in [1.82, 2.24) is 0 Å². The number of hydrogen-bond acceptors (Lipinski definition) is 0. The third kappa shape index (κ3) is 1.63. The highest BCUT2D eigenvalue weighted by Gasteiger charge is 2.22. The zero-order valence-corrected chi connectivity index (χ0v) is 8.51. The van der Waals surface area contributed by atoms with E-state index in [0.29, 0.717) is 5.92 Å². The lowest BCUT2D eigenvalue weighted by atomic mass is 9.77. The molecule has 0 N–H and O–H groups in total. The number of benzene rings is 1. The standard InChI is InChI=1S/C13H17/c1-10(2)12-9-5-7-11-6-3-4-8-13(11)12/h3-4,6,8,10H,5,7,9H2,1-2H3. The van der Waals surface area contributed by atoms with Crippen LogP contribution in [0.3, 0.4) is 0 Å². The highest BCUT2D eigenvalue weighted by molar-refractivity contribution is 5.41. The fraction of sp³-hybridized carbons (Fsp3) is 0.462. The highest BCUT2D eigenvalue weighted by Crippen LogP contribution is 2.35. The minimum absolute atomic E-state index is 0.710. The molecule has 0 nitrogen and oxygen atoms in total. The lowest BCUT2D eigenvalue weighted by Crippen LogP contribution is -2.15. The molecule has 0 saturated carbocycles. The molecule has 1 radical (unpaired) electrons. The molecule has 1 aromatic carbocycles. The van der Waals surface area contributed by atoms with Crippen molar-refractivity contribution in [3.63, 3.8) is 0 Å². The molecule has 0 aliphatic heterocycles. The maximum atomic E-state index is 2.30. The normalized spacial score (nSPS) is 17.5. The van der Waals surface area contributed by atoms with Crippen LogP contribution < -0.4 is 0 Å². The quantitative estimate of drug-likeness (QED) is 0.608. The van der Waals surface area contributed by atoms with Crippen molar-refractivity contribution >= 4 is 0 Å². The van der Waals surface area contributed by atoms with Gasteiger partial charge in [-0.2, -0.15) is 0 Å². The van der Waals surface area contributed by atoms with Crippen LogP contribution in [0.2, 0.25) is 0 Å². The molecule has 13 heavy (non-hydrogen) atoms. The molecule has 0 heteroatoms. The summed E-state index contributed by atoms with van der Waals surface area (Å²) in [6.07, 6.45) is 3.91. The molecule has 69 valence electrons. The van der Waals surface area contributed by atoms with E-state index in [9.17, 15) is 0 Å². The Balaban J connectivity index is 2.37. The van der Waals surface area contributed by atoms with Gasteiger partial charge in [0.25, 0.3) is 0 Å². The summed E-state index contributed by atoms with van der Waals surface area (Å²) in [6.45, 7) is 4.61. The van der Waals surface area contributed by atoms with Crippen LogP contribution >= 0.6 is 0 Å². The largest absolute Gasteiger partial charge is 0.0620 e. The van der Waals surface area contributed by atoms with E-state index >= 15 is 0 Å². The van der Waals surface area contributed by atoms with Gasteiger partial charge in [-0.3, -0.25) is 0 Å². The maximum absolute atomic E-state index is 2.30. The summed E-state index contributed by atoms with van der Waals surface area (Å²) in [6, 6.07) is 8.87. The van der Waals surface area contributed by atoms with Gasteiger partial charge >= 0.3 is 0 Å². The monoisotopic (exact) mass is 173 g/mol. The van der Waals surface area contributed by atoms with Gasteiger partial charge in [0, 0.05) is 5.92 Å². The predicted octanol–water partition coefficient (Wildman–Crippen LogP) is 3.60. The minimum Gasteiger partial charge on any atom is -0.0620 e. The summed E-state index contributed by atoms with van der Waals surface area (Å²) in [5.74, 6) is 2.36. The summed E-state index contributed by atoms with van der Waals surface area (Å²) in [7, 11) is 0. The first-order valence-electron chi connectivity index (χ1n) is 5.23. The second kappa shape index (κ2) is 3.53. The van der Waals surface area contributed by atoms with Crippen molar-refractivity contribution in [2.45, 2.75) is 33.1 Å². The molecule has 0 heterocycles. The maximum Gasteiger partial charge on any atom is 0.00781 e. The van der Waals surface area contributed by atoms with Gasteiger partial charge in [-0.1, -0.05) is 38.1 Å². The van der Waals surface area contributed by atoms with Gasteiger partial charge in [0.15, 0.2) is 0 Å². The summed E-state index contributed by atoms with van der Waals surface area (Å²) >= 11 is 0. The van der Waals surface area contributed by atoms with Crippen molar-refractivity contribution in [3.05, 3.63) is 41.3 Å². The summed E-state index contributed by atoms with van der Waals surface area (Å²) < 4.78 is 0. The highest BCUT2D eigenvalue weighted by atomic mass is 14.3. The smallest absolute Gasteiger partial charge is 0.00781 e. The van der Waals surface area contributed by atoms with Crippen molar-refractivity contribution < 1.29 is 0 Å². The van der Waals surface area contributed by atoms with Gasteiger partial charge in [0.2, 0.25) is 0 Å². The molecule has 1 aromatic rings. The first-order valence-corrected chi connectivity index (χ1v) is 5.23. The van der Waals surface area contributed by atoms with Crippen LogP contribution in [-0.4, -0.2) is 0 Å². The molecule has 0 unspecified atom stereocenters. The molecule has 2 rings (SSSR count). The molecule has 1 aliphatic rings. The average molecular weight is 173 g/mol. The Bertz CT molecular complexity index is 286. The number of aryl methyl sites for hydroxylation is 1. The molecule has 0 atom stereocenters. The third-order valence-electron chi connectivity index (χ3n) is 2.95. The Kier molecular flexibility index (Phi) is 2.39. The fourth-order valence-corrected chi connectivity index (χ4v) is 2.26. The first-order chi connectivity index (χ1) is 6.29. The Morgan fingerprint density at radius 1 is 1.08 bits per heavy atom. The van der Waals surface area contributed by atoms with Crippen LogP contribution in [0, 0.1) is 11.8 Å². The number of hydrogen-bond donors (Lipinski definition) is 0. The van der Waals surface area contributed by atoms with E-state index in [1.807, 2.05) is 0 Å². The van der Waals surface area contributed by atoms with E-state index in [-0.39, 0.29) is 0 Å². The number of rotatable bonds is 1. The SMILES string of the molecule is CC(C)[C]1CCCc2ccccc21. The molecular formula is C13H17. The minimum atomic E-state index is 0.710. The van der Waals surface area contributed by atoms with Crippen LogP contribution in [0.25, 0.3) is 0 Å². The zero-order chi connectivity index (χ0) is 9.26. The molecule has 1 aliphatic carbocycles. The molecule has 0 aromatic heterocycles. The first kappa shape index (κ1) is 8.80. The van der Waals surface area contributed by atoms with E-state index in [1.54, 1.807) is 11.5 Å². The van der Waals surface area contributed by atoms with Crippen LogP contribution in [-0.2, 0) is 6.42 Å². The van der Waals surface area contributed by atoms with Crippen LogP contribution in [0.1, 0.15) is 37.8 Å². The second-order valence-corrected chi connectivity index (χ2v) is 4.19. The topological polar surface area (TPSA) is 0 Å². The van der Waals surface area contributed by atoms with Crippen LogP contribution in [0.15, 0.2) is 24.3 Å². The number of fused-ring (bicyclic) bond motifs is 1. The van der Waals surface area contributed by atoms with Gasteiger partial charge in [0.05, 0.1) is 0 Å². The molecule has 0 amide bonds. The van der Waals surface area contributed by atoms with Crippen molar-refractivity contribution in [2.75, 3.05) is 0 Å². The fourth-order valence-electron chi connectivity index (χ4n) is 2.26. The summed E-state index contributed by atoms with van der Waals surface area (Å²) in [5, 5.41) is 0. The summed E-state index contributed by atoms with van der Waals surface area (Å²) in [4.78, 5) is 0. The van der Waals surface area contributed by atoms with Crippen molar-refractivity contribution in [3.8, 4) is 0 Å². The second-order valence-electron chi connectivity index (χ2n) is 4.19. The van der Waals surface area contributed by atoms with Gasteiger partial charge in [0.1, 0.15) is 0 Å². The lowest BCUT2D eigenvalue weighted by Gasteiger charge is -2.27. The Morgan fingerprint density at radius 3 is 2.62 bits per heavy atom. The average Bonchev–Trinajstić information content (AvgIpc) is 2.17. The molecular weight excluding hydrogens is 156 g/mol. The lowest BCUT2D eigenvalue weighted by molar-refractivity contribution is 0.579. The molecule has 0 bridgehead atoms. The Labute approximate surface area is 81.0 Å². The van der Waals surface area contributed by atoms with E-state index in [0.717, 1.165) is 0 Å². The summed E-state index contributed by atoms with van der Waals surface area (Å²) in [5.41, 5.74) is 3.08. The molecule has 0 fully saturated rings. The van der Waals surface area contributed by atoms with Gasteiger partial charge in [-0.05, 0) is 36.3 Å². The van der Waals surface area contributed by atoms with Crippen molar-refractivity contribution in [1.29, 1.82) is 0 Å². The molecule has 0 spiro atoms. The van der Waals surface area contributed by atoms with E-state index in [4.69, 9.17) is 0 Å². The van der Waals surface area contributed by atoms with Gasteiger partial charge in [-0.15, -0.1) is 0 Å². The van der Waals surface area contributed by atoms with Crippen molar-refractivity contribution in [2.24, 2.45) is 5.92 Å². The molecule has 0 saturated heterocycles. The van der Waals surface area contributed by atoms with Gasteiger partial charge < -0.3 is 0 Å². The zero-order valence-electron chi connectivity index (χ0n) is 8.51. The van der Waals surface area contributed by atoms with Crippen LogP contribution in [0.5, 0.6) is 0 Å². The Morgan fingerprint density at radius 2 is 1.85 bits per heavy atom. The van der Waals surface area contributed by atoms with Gasteiger partial charge in [-0.25, -0.2) is 0 Å². The van der Waals surface area contributed by atoms with E-state index in [2.05, 4.69) is 38.1 Å².